The van der Waals surface area contributed by atoms with Gasteiger partial charge in [0, 0.05) is 18.2 Å². The van der Waals surface area contributed by atoms with Crippen molar-refractivity contribution in [2.45, 2.75) is 38.1 Å². The summed E-state index contributed by atoms with van der Waals surface area (Å²) in [5.41, 5.74) is 6.67. The SMILES string of the molecule is NCC(NC(=O)c1cccc2ccccc12)C1CCCCC1. The molecule has 2 aromatic rings. The van der Waals surface area contributed by atoms with E-state index in [1.807, 2.05) is 42.5 Å². The van der Waals surface area contributed by atoms with Gasteiger partial charge in [0.25, 0.3) is 5.91 Å². The van der Waals surface area contributed by atoms with Crippen LogP contribution in [0.5, 0.6) is 0 Å². The van der Waals surface area contributed by atoms with Gasteiger partial charge in [0.15, 0.2) is 0 Å². The van der Waals surface area contributed by atoms with Crippen LogP contribution in [0.3, 0.4) is 0 Å². The van der Waals surface area contributed by atoms with Crippen molar-refractivity contribution in [2.24, 2.45) is 11.7 Å². The molecule has 0 heterocycles. The lowest BCUT2D eigenvalue weighted by Crippen LogP contribution is -2.45. The highest BCUT2D eigenvalue weighted by atomic mass is 16.1. The van der Waals surface area contributed by atoms with E-state index in [-0.39, 0.29) is 11.9 Å². The Morgan fingerprint density at radius 3 is 2.59 bits per heavy atom. The summed E-state index contributed by atoms with van der Waals surface area (Å²) < 4.78 is 0. The standard InChI is InChI=1S/C19H24N2O/c20-13-18(15-8-2-1-3-9-15)21-19(22)17-12-6-10-14-7-4-5-11-16(14)17/h4-7,10-12,15,18H,1-3,8-9,13,20H2,(H,21,22). The first-order valence-electron chi connectivity index (χ1n) is 8.28. The fourth-order valence-corrected chi connectivity index (χ4v) is 3.58. The summed E-state index contributed by atoms with van der Waals surface area (Å²) in [6.45, 7) is 0.515. The molecule has 0 radical (unpaired) electrons. The minimum atomic E-state index is -0.00202. The third kappa shape index (κ3) is 3.14. The molecule has 1 amide bonds. The number of carbonyl (C=O) groups is 1. The number of hydrogen-bond acceptors (Lipinski definition) is 2. The number of rotatable bonds is 4. The fraction of sp³-hybridized carbons (Fsp3) is 0.421. The molecule has 22 heavy (non-hydrogen) atoms. The molecule has 3 rings (SSSR count). The molecule has 116 valence electrons. The van der Waals surface area contributed by atoms with Gasteiger partial charge in [-0.1, -0.05) is 55.7 Å². The minimum Gasteiger partial charge on any atom is -0.348 e. The molecule has 3 nitrogen and oxygen atoms in total. The van der Waals surface area contributed by atoms with Crippen molar-refractivity contribution in [3.8, 4) is 0 Å². The molecule has 1 saturated carbocycles. The Hall–Kier alpha value is -1.87. The number of hydrogen-bond donors (Lipinski definition) is 2. The van der Waals surface area contributed by atoms with Crippen LogP contribution in [0.15, 0.2) is 42.5 Å². The Labute approximate surface area is 131 Å². The van der Waals surface area contributed by atoms with E-state index in [0.29, 0.717) is 12.5 Å². The Bertz CT molecular complexity index is 641. The van der Waals surface area contributed by atoms with Crippen LogP contribution < -0.4 is 11.1 Å². The molecule has 3 N–H and O–H groups in total. The second kappa shape index (κ2) is 6.93. The van der Waals surface area contributed by atoms with Crippen LogP contribution in [0.1, 0.15) is 42.5 Å². The van der Waals surface area contributed by atoms with Crippen LogP contribution in [0.25, 0.3) is 10.8 Å². The van der Waals surface area contributed by atoms with Gasteiger partial charge >= 0.3 is 0 Å². The maximum Gasteiger partial charge on any atom is 0.252 e. The molecule has 2 aromatic carbocycles. The summed E-state index contributed by atoms with van der Waals surface area (Å²) in [5.74, 6) is 0.524. The molecule has 1 aliphatic rings. The highest BCUT2D eigenvalue weighted by Crippen LogP contribution is 2.26. The topological polar surface area (TPSA) is 55.1 Å². The van der Waals surface area contributed by atoms with Crippen molar-refractivity contribution in [1.29, 1.82) is 0 Å². The molecule has 0 saturated heterocycles. The monoisotopic (exact) mass is 296 g/mol. The minimum absolute atomic E-state index is 0.00202. The Balaban J connectivity index is 1.80. The summed E-state index contributed by atoms with van der Waals surface area (Å²) >= 11 is 0. The average molecular weight is 296 g/mol. The Morgan fingerprint density at radius 1 is 1.09 bits per heavy atom. The molecule has 0 spiro atoms. The van der Waals surface area contributed by atoms with Crippen molar-refractivity contribution in [1.82, 2.24) is 5.32 Å². The number of fused-ring (bicyclic) bond motifs is 1. The first-order valence-corrected chi connectivity index (χ1v) is 8.28. The van der Waals surface area contributed by atoms with E-state index in [1.54, 1.807) is 0 Å². The van der Waals surface area contributed by atoms with E-state index in [9.17, 15) is 4.79 Å². The normalized spacial score (nSPS) is 17.3. The van der Waals surface area contributed by atoms with Crippen LogP contribution in [0.4, 0.5) is 0 Å². The predicted molar refractivity (Wildman–Crippen MR) is 90.8 cm³/mol. The van der Waals surface area contributed by atoms with Crippen LogP contribution in [0, 0.1) is 5.92 Å². The molecule has 1 atom stereocenters. The van der Waals surface area contributed by atoms with Crippen molar-refractivity contribution < 1.29 is 4.79 Å². The van der Waals surface area contributed by atoms with E-state index in [4.69, 9.17) is 5.73 Å². The molecule has 0 aliphatic heterocycles. The van der Waals surface area contributed by atoms with Gasteiger partial charge in [-0.05, 0) is 35.6 Å². The molecule has 1 fully saturated rings. The van der Waals surface area contributed by atoms with E-state index in [0.717, 1.165) is 16.3 Å². The molecular weight excluding hydrogens is 272 g/mol. The maximum absolute atomic E-state index is 12.7. The average Bonchev–Trinajstić information content (AvgIpc) is 2.59. The van der Waals surface area contributed by atoms with Gasteiger partial charge in [-0.2, -0.15) is 0 Å². The lowest BCUT2D eigenvalue weighted by molar-refractivity contribution is 0.0917. The Morgan fingerprint density at radius 2 is 1.82 bits per heavy atom. The summed E-state index contributed by atoms with van der Waals surface area (Å²) in [6.07, 6.45) is 6.18. The van der Waals surface area contributed by atoms with Gasteiger partial charge in [0.1, 0.15) is 0 Å². The highest BCUT2D eigenvalue weighted by Gasteiger charge is 2.24. The number of benzene rings is 2. The predicted octanol–water partition coefficient (Wildman–Crippen LogP) is 3.48. The second-order valence-corrected chi connectivity index (χ2v) is 6.24. The fourth-order valence-electron chi connectivity index (χ4n) is 3.58. The Kier molecular flexibility index (Phi) is 4.74. The molecule has 1 unspecified atom stereocenters. The zero-order chi connectivity index (χ0) is 15.4. The summed E-state index contributed by atoms with van der Waals surface area (Å²) in [4.78, 5) is 12.7. The maximum atomic E-state index is 12.7. The quantitative estimate of drug-likeness (QED) is 0.907. The van der Waals surface area contributed by atoms with Crippen molar-refractivity contribution in [3.05, 3.63) is 48.0 Å². The van der Waals surface area contributed by atoms with E-state index >= 15 is 0 Å². The molecule has 3 heteroatoms. The van der Waals surface area contributed by atoms with Crippen LogP contribution in [-0.2, 0) is 0 Å². The van der Waals surface area contributed by atoms with Crippen molar-refractivity contribution in [3.63, 3.8) is 0 Å². The summed E-state index contributed by atoms with van der Waals surface area (Å²) in [6, 6.07) is 14.0. The summed E-state index contributed by atoms with van der Waals surface area (Å²) in [7, 11) is 0. The third-order valence-corrected chi connectivity index (χ3v) is 4.82. The van der Waals surface area contributed by atoms with Gasteiger partial charge in [0.05, 0.1) is 0 Å². The van der Waals surface area contributed by atoms with Crippen LogP contribution in [-0.4, -0.2) is 18.5 Å². The molecule has 0 aromatic heterocycles. The number of carbonyl (C=O) groups excluding carboxylic acids is 1. The molecular formula is C19H24N2O. The summed E-state index contributed by atoms with van der Waals surface area (Å²) in [5, 5.41) is 5.28. The van der Waals surface area contributed by atoms with Crippen LogP contribution >= 0.6 is 0 Å². The number of amides is 1. The highest BCUT2D eigenvalue weighted by molar-refractivity contribution is 6.07. The first-order chi connectivity index (χ1) is 10.8. The van der Waals surface area contributed by atoms with Crippen molar-refractivity contribution in [2.75, 3.05) is 6.54 Å². The number of nitrogens with two attached hydrogens (primary N) is 1. The largest absolute Gasteiger partial charge is 0.348 e. The van der Waals surface area contributed by atoms with Crippen LogP contribution in [0.2, 0.25) is 0 Å². The van der Waals surface area contributed by atoms with Crippen molar-refractivity contribution >= 4 is 16.7 Å². The van der Waals surface area contributed by atoms with Gasteiger partial charge in [-0.25, -0.2) is 0 Å². The molecule has 0 bridgehead atoms. The van der Waals surface area contributed by atoms with Gasteiger partial charge in [0.2, 0.25) is 0 Å². The molecule has 1 aliphatic carbocycles. The smallest absolute Gasteiger partial charge is 0.252 e. The lowest BCUT2D eigenvalue weighted by atomic mass is 9.83. The third-order valence-electron chi connectivity index (χ3n) is 4.82. The zero-order valence-electron chi connectivity index (χ0n) is 12.9. The van der Waals surface area contributed by atoms with Gasteiger partial charge in [-0.15, -0.1) is 0 Å². The first kappa shape index (κ1) is 15.0. The lowest BCUT2D eigenvalue weighted by Gasteiger charge is -2.30. The second-order valence-electron chi connectivity index (χ2n) is 6.24. The van der Waals surface area contributed by atoms with Gasteiger partial charge < -0.3 is 11.1 Å². The number of nitrogens with one attached hydrogen (secondary N) is 1. The van der Waals surface area contributed by atoms with E-state index < -0.39 is 0 Å². The van der Waals surface area contributed by atoms with E-state index in [2.05, 4.69) is 5.32 Å². The van der Waals surface area contributed by atoms with E-state index in [1.165, 1.54) is 32.1 Å². The zero-order valence-corrected chi connectivity index (χ0v) is 12.9. The van der Waals surface area contributed by atoms with Gasteiger partial charge in [-0.3, -0.25) is 4.79 Å².